The zero-order valence-electron chi connectivity index (χ0n) is 9.30. The Morgan fingerprint density at radius 3 is 2.40 bits per heavy atom. The Balaban J connectivity index is 2.39. The van der Waals surface area contributed by atoms with Gasteiger partial charge in [0.25, 0.3) is 0 Å². The summed E-state index contributed by atoms with van der Waals surface area (Å²) in [5.41, 5.74) is 7.21. The Morgan fingerprint density at radius 2 is 2.00 bits per heavy atom. The van der Waals surface area contributed by atoms with Crippen LogP contribution in [0.2, 0.25) is 5.02 Å². The molecular weight excluding hydrogens is 210 g/mol. The third kappa shape index (κ3) is 1.52. The fourth-order valence-electron chi connectivity index (χ4n) is 2.10. The predicted octanol–water partition coefficient (Wildman–Crippen LogP) is 2.93. The summed E-state index contributed by atoms with van der Waals surface area (Å²) in [5.74, 6) is 0.769. The highest BCUT2D eigenvalue weighted by Gasteiger charge is 2.60. The first-order valence-electron chi connectivity index (χ1n) is 5.04. The van der Waals surface area contributed by atoms with Crippen LogP contribution >= 0.6 is 11.6 Å². The number of halogens is 1. The SMILES string of the molecule is COc1ccc(C2(N)CC2(C)C)c(Cl)c1. The van der Waals surface area contributed by atoms with Gasteiger partial charge in [-0.3, -0.25) is 0 Å². The predicted molar refractivity (Wildman–Crippen MR) is 62.3 cm³/mol. The van der Waals surface area contributed by atoms with E-state index in [0.717, 1.165) is 17.7 Å². The maximum absolute atomic E-state index is 6.31. The molecule has 1 aliphatic rings. The van der Waals surface area contributed by atoms with E-state index < -0.39 is 0 Å². The second-order valence-electron chi connectivity index (χ2n) is 4.88. The average molecular weight is 226 g/mol. The fraction of sp³-hybridized carbons (Fsp3) is 0.500. The Bertz CT molecular complexity index is 403. The normalized spacial score (nSPS) is 27.5. The van der Waals surface area contributed by atoms with E-state index >= 15 is 0 Å². The lowest BCUT2D eigenvalue weighted by Gasteiger charge is -2.17. The molecule has 15 heavy (non-hydrogen) atoms. The topological polar surface area (TPSA) is 35.2 Å². The van der Waals surface area contributed by atoms with Crippen molar-refractivity contribution in [3.05, 3.63) is 28.8 Å². The molecule has 2 rings (SSSR count). The first-order valence-corrected chi connectivity index (χ1v) is 5.41. The van der Waals surface area contributed by atoms with Crippen molar-refractivity contribution < 1.29 is 4.74 Å². The Kier molecular flexibility index (Phi) is 2.25. The monoisotopic (exact) mass is 225 g/mol. The van der Waals surface area contributed by atoms with Crippen LogP contribution in [0.5, 0.6) is 5.75 Å². The molecule has 82 valence electrons. The maximum atomic E-state index is 6.31. The van der Waals surface area contributed by atoms with Crippen molar-refractivity contribution in [3.63, 3.8) is 0 Å². The molecule has 1 atom stereocenters. The van der Waals surface area contributed by atoms with E-state index in [1.807, 2.05) is 18.2 Å². The minimum atomic E-state index is -0.268. The van der Waals surface area contributed by atoms with Gasteiger partial charge in [0.1, 0.15) is 5.75 Å². The molecule has 0 spiro atoms. The van der Waals surface area contributed by atoms with Gasteiger partial charge in [-0.1, -0.05) is 31.5 Å². The quantitative estimate of drug-likeness (QED) is 0.840. The summed E-state index contributed by atoms with van der Waals surface area (Å²) < 4.78 is 5.11. The molecule has 2 N–H and O–H groups in total. The van der Waals surface area contributed by atoms with Gasteiger partial charge in [-0.05, 0) is 29.5 Å². The minimum absolute atomic E-state index is 0.144. The molecule has 1 aromatic rings. The van der Waals surface area contributed by atoms with Crippen LogP contribution in [0, 0.1) is 5.41 Å². The second-order valence-corrected chi connectivity index (χ2v) is 5.28. The van der Waals surface area contributed by atoms with E-state index in [9.17, 15) is 0 Å². The highest BCUT2D eigenvalue weighted by atomic mass is 35.5. The van der Waals surface area contributed by atoms with Gasteiger partial charge in [0.2, 0.25) is 0 Å². The fourth-order valence-corrected chi connectivity index (χ4v) is 2.44. The molecule has 0 aromatic heterocycles. The summed E-state index contributed by atoms with van der Waals surface area (Å²) in [6.45, 7) is 4.32. The van der Waals surface area contributed by atoms with Crippen LogP contribution in [0.1, 0.15) is 25.8 Å². The first-order chi connectivity index (χ1) is 6.90. The van der Waals surface area contributed by atoms with Crippen molar-refractivity contribution >= 4 is 11.6 Å². The zero-order valence-corrected chi connectivity index (χ0v) is 10.1. The Labute approximate surface area is 95.4 Å². The van der Waals surface area contributed by atoms with E-state index in [1.54, 1.807) is 7.11 Å². The molecule has 0 radical (unpaired) electrons. The van der Waals surface area contributed by atoms with Gasteiger partial charge in [-0.25, -0.2) is 0 Å². The van der Waals surface area contributed by atoms with E-state index in [4.69, 9.17) is 22.1 Å². The number of hydrogen-bond acceptors (Lipinski definition) is 2. The van der Waals surface area contributed by atoms with E-state index in [0.29, 0.717) is 5.02 Å². The van der Waals surface area contributed by atoms with Gasteiger partial charge < -0.3 is 10.5 Å². The lowest BCUT2D eigenvalue weighted by Crippen LogP contribution is -2.25. The molecule has 3 heteroatoms. The Morgan fingerprint density at radius 1 is 1.40 bits per heavy atom. The standard InChI is InChI=1S/C12H16ClNO/c1-11(2)7-12(11,14)9-5-4-8(15-3)6-10(9)13/h4-6H,7,14H2,1-3H3. The lowest BCUT2D eigenvalue weighted by molar-refractivity contribution is 0.414. The van der Waals surface area contributed by atoms with E-state index in [1.165, 1.54) is 0 Å². The third-order valence-corrected chi connectivity index (χ3v) is 3.77. The van der Waals surface area contributed by atoms with Gasteiger partial charge in [0, 0.05) is 10.6 Å². The van der Waals surface area contributed by atoms with Crippen molar-refractivity contribution in [1.29, 1.82) is 0 Å². The maximum Gasteiger partial charge on any atom is 0.120 e. The summed E-state index contributed by atoms with van der Waals surface area (Å²) in [6.07, 6.45) is 0.978. The smallest absolute Gasteiger partial charge is 0.120 e. The summed E-state index contributed by atoms with van der Waals surface area (Å²) in [7, 11) is 1.63. The summed E-state index contributed by atoms with van der Waals surface area (Å²) in [5, 5.41) is 0.697. The number of benzene rings is 1. The number of methoxy groups -OCH3 is 1. The number of ether oxygens (including phenoxy) is 1. The van der Waals surface area contributed by atoms with Crippen LogP contribution in [0.3, 0.4) is 0 Å². The van der Waals surface area contributed by atoms with Gasteiger partial charge in [0.05, 0.1) is 7.11 Å². The summed E-state index contributed by atoms with van der Waals surface area (Å²) in [4.78, 5) is 0. The summed E-state index contributed by atoms with van der Waals surface area (Å²) in [6, 6.07) is 5.69. The highest BCUT2D eigenvalue weighted by molar-refractivity contribution is 6.31. The van der Waals surface area contributed by atoms with Gasteiger partial charge in [-0.2, -0.15) is 0 Å². The molecular formula is C12H16ClNO. The molecule has 0 saturated heterocycles. The second kappa shape index (κ2) is 3.13. The van der Waals surface area contributed by atoms with E-state index in [2.05, 4.69) is 13.8 Å². The Hall–Kier alpha value is -0.730. The van der Waals surface area contributed by atoms with Crippen LogP contribution in [0.15, 0.2) is 18.2 Å². The van der Waals surface area contributed by atoms with Crippen molar-refractivity contribution in [2.24, 2.45) is 11.1 Å². The molecule has 0 heterocycles. The first kappa shape index (κ1) is 10.8. The largest absolute Gasteiger partial charge is 0.497 e. The van der Waals surface area contributed by atoms with Crippen molar-refractivity contribution in [3.8, 4) is 5.75 Å². The molecule has 1 saturated carbocycles. The molecule has 1 aromatic carbocycles. The molecule has 2 nitrogen and oxygen atoms in total. The van der Waals surface area contributed by atoms with Crippen LogP contribution < -0.4 is 10.5 Å². The molecule has 1 unspecified atom stereocenters. The van der Waals surface area contributed by atoms with Crippen LogP contribution in [-0.2, 0) is 5.54 Å². The number of rotatable bonds is 2. The lowest BCUT2D eigenvalue weighted by atomic mass is 9.97. The van der Waals surface area contributed by atoms with Gasteiger partial charge in [-0.15, -0.1) is 0 Å². The van der Waals surface area contributed by atoms with Crippen molar-refractivity contribution in [2.45, 2.75) is 25.8 Å². The molecule has 0 bridgehead atoms. The third-order valence-electron chi connectivity index (χ3n) is 3.46. The van der Waals surface area contributed by atoms with Gasteiger partial charge in [0.15, 0.2) is 0 Å². The molecule has 0 aliphatic heterocycles. The van der Waals surface area contributed by atoms with Gasteiger partial charge >= 0.3 is 0 Å². The van der Waals surface area contributed by atoms with E-state index in [-0.39, 0.29) is 11.0 Å². The summed E-state index contributed by atoms with van der Waals surface area (Å²) >= 11 is 6.20. The van der Waals surface area contributed by atoms with Crippen LogP contribution in [0.25, 0.3) is 0 Å². The number of hydrogen-bond donors (Lipinski definition) is 1. The van der Waals surface area contributed by atoms with Crippen molar-refractivity contribution in [1.82, 2.24) is 0 Å². The zero-order chi connectivity index (χ0) is 11.3. The number of nitrogens with two attached hydrogens (primary N) is 1. The van der Waals surface area contributed by atoms with Crippen LogP contribution in [0.4, 0.5) is 0 Å². The van der Waals surface area contributed by atoms with Crippen LogP contribution in [-0.4, -0.2) is 7.11 Å². The molecule has 1 fully saturated rings. The average Bonchev–Trinajstić information content (AvgIpc) is 2.66. The highest BCUT2D eigenvalue weighted by Crippen LogP contribution is 2.61. The molecule has 0 amide bonds. The van der Waals surface area contributed by atoms with Crippen molar-refractivity contribution in [2.75, 3.05) is 7.11 Å². The molecule has 1 aliphatic carbocycles. The minimum Gasteiger partial charge on any atom is -0.497 e.